The standard InChI is InChI=1S/C33H38N6O3/c1-5-30(40)39-16-15-38(19-25(39)18-34-3)32-27-21-41-29(26-13-7-11-23-10-6-9-22(2)31(23)26)17-28(27)35-33(36-32)42-20-24-12-8-14-37(24)4/h5-7,9-11,13,24-25,29H,1,8,12,14-21H2,2,4H3/t24-,25-,29?/m0/s1/i2D3. The molecule has 9 heteroatoms. The molecular weight excluding hydrogens is 528 g/mol. The van der Waals surface area contributed by atoms with Crippen molar-refractivity contribution in [3.63, 3.8) is 0 Å². The first kappa shape index (κ1) is 24.6. The van der Waals surface area contributed by atoms with Gasteiger partial charge in [-0.15, -0.1) is 0 Å². The molecule has 9 nitrogen and oxygen atoms in total. The summed E-state index contributed by atoms with van der Waals surface area (Å²) in [6.07, 6.45) is 3.47. The summed E-state index contributed by atoms with van der Waals surface area (Å²) >= 11 is 0. The number of amides is 1. The fourth-order valence-corrected chi connectivity index (χ4v) is 6.47. The second-order valence-electron chi connectivity index (χ2n) is 11.3. The lowest BCUT2D eigenvalue weighted by molar-refractivity contribution is -0.128. The predicted molar refractivity (Wildman–Crippen MR) is 162 cm³/mol. The van der Waals surface area contributed by atoms with Crippen molar-refractivity contribution >= 4 is 22.5 Å². The van der Waals surface area contributed by atoms with Gasteiger partial charge in [-0.1, -0.05) is 43.0 Å². The number of fused-ring (bicyclic) bond motifs is 2. The van der Waals surface area contributed by atoms with Crippen LogP contribution in [0.3, 0.4) is 0 Å². The van der Waals surface area contributed by atoms with Crippen molar-refractivity contribution in [3.05, 3.63) is 82.9 Å². The number of anilines is 1. The van der Waals surface area contributed by atoms with Crippen molar-refractivity contribution < 1.29 is 18.4 Å². The fourth-order valence-electron chi connectivity index (χ4n) is 6.47. The van der Waals surface area contributed by atoms with E-state index in [1.54, 1.807) is 17.0 Å². The molecular formula is C33H38N6O3. The molecule has 0 saturated carbocycles. The average molecular weight is 570 g/mol. The summed E-state index contributed by atoms with van der Waals surface area (Å²) in [5.74, 6) is 0.505. The zero-order valence-corrected chi connectivity index (χ0v) is 24.0. The summed E-state index contributed by atoms with van der Waals surface area (Å²) in [6.45, 7) is 12.1. The van der Waals surface area contributed by atoms with Crippen LogP contribution in [0.4, 0.5) is 5.82 Å². The Kier molecular flexibility index (Phi) is 7.07. The number of rotatable bonds is 7. The molecule has 2 saturated heterocycles. The number of carbonyl (C=O) groups is 1. The van der Waals surface area contributed by atoms with Crippen molar-refractivity contribution in [2.45, 2.75) is 50.9 Å². The number of piperazine rings is 1. The van der Waals surface area contributed by atoms with Crippen LogP contribution in [0.2, 0.25) is 0 Å². The van der Waals surface area contributed by atoms with Crippen LogP contribution in [0, 0.1) is 13.4 Å². The van der Waals surface area contributed by atoms with Crippen LogP contribution in [0.5, 0.6) is 6.01 Å². The number of carbonyl (C=O) groups excluding carboxylic acids is 1. The highest BCUT2D eigenvalue weighted by atomic mass is 16.5. The van der Waals surface area contributed by atoms with Gasteiger partial charge >= 0.3 is 6.01 Å². The van der Waals surface area contributed by atoms with Gasteiger partial charge in [-0.3, -0.25) is 4.79 Å². The molecule has 0 spiro atoms. The van der Waals surface area contributed by atoms with Gasteiger partial charge < -0.3 is 29.0 Å². The van der Waals surface area contributed by atoms with Gasteiger partial charge in [0.1, 0.15) is 18.5 Å². The molecule has 3 aliphatic rings. The van der Waals surface area contributed by atoms with Crippen LogP contribution in [-0.2, 0) is 22.6 Å². The van der Waals surface area contributed by atoms with Gasteiger partial charge in [-0.25, -0.2) is 6.57 Å². The van der Waals surface area contributed by atoms with E-state index in [0.29, 0.717) is 49.4 Å². The van der Waals surface area contributed by atoms with Crippen molar-refractivity contribution in [1.82, 2.24) is 19.8 Å². The van der Waals surface area contributed by atoms with Gasteiger partial charge in [0, 0.05) is 41.8 Å². The Bertz CT molecular complexity index is 1640. The van der Waals surface area contributed by atoms with Crippen LogP contribution in [0.25, 0.3) is 15.6 Å². The van der Waals surface area contributed by atoms with Crippen molar-refractivity contribution in [2.75, 3.05) is 51.3 Å². The van der Waals surface area contributed by atoms with E-state index < -0.39 is 13.0 Å². The number of ether oxygens (including phenoxy) is 2. The number of benzene rings is 2. The lowest BCUT2D eigenvalue weighted by Gasteiger charge is -2.40. The third kappa shape index (κ3) is 5.44. The molecule has 1 unspecified atom stereocenters. The highest BCUT2D eigenvalue weighted by Crippen LogP contribution is 2.38. The van der Waals surface area contributed by atoms with Gasteiger partial charge in [0.25, 0.3) is 0 Å². The summed E-state index contributed by atoms with van der Waals surface area (Å²) in [6, 6.07) is 11.4. The maximum Gasteiger partial charge on any atom is 0.318 e. The molecule has 4 heterocycles. The molecule has 3 aromatic rings. The topological polar surface area (TPSA) is 75.4 Å². The summed E-state index contributed by atoms with van der Waals surface area (Å²) in [4.78, 5) is 32.0. The molecule has 0 radical (unpaired) electrons. The number of aryl methyl sites for hydroxylation is 1. The van der Waals surface area contributed by atoms with Crippen LogP contribution >= 0.6 is 0 Å². The Balaban J connectivity index is 1.36. The Morgan fingerprint density at radius 2 is 2.10 bits per heavy atom. The number of hydrogen-bond acceptors (Lipinski definition) is 7. The SMILES string of the molecule is [2H]C([2H])([2H])c1cccc2cccc(C3Cc4nc(OC[C@@H]5CCCN5C)nc(N5CCN(C(=O)C=C)[C@@H](C[N+]#[C-])C5)c4CO3)c12. The maximum atomic E-state index is 12.6. The van der Waals surface area contributed by atoms with Crippen LogP contribution in [-0.4, -0.2) is 84.1 Å². The first-order valence-electron chi connectivity index (χ1n) is 16.1. The predicted octanol–water partition coefficient (Wildman–Crippen LogP) is 4.35. The van der Waals surface area contributed by atoms with Gasteiger partial charge in [0.15, 0.2) is 0 Å². The Labute approximate surface area is 251 Å². The van der Waals surface area contributed by atoms with Crippen molar-refractivity contribution in [2.24, 2.45) is 0 Å². The van der Waals surface area contributed by atoms with E-state index in [9.17, 15) is 4.79 Å². The van der Waals surface area contributed by atoms with Crippen molar-refractivity contribution in [3.8, 4) is 6.01 Å². The molecule has 3 atom stereocenters. The molecule has 2 fully saturated rings. The second-order valence-corrected chi connectivity index (χ2v) is 11.3. The van der Waals surface area contributed by atoms with E-state index in [1.165, 1.54) is 6.08 Å². The summed E-state index contributed by atoms with van der Waals surface area (Å²) < 4.78 is 37.3. The number of hydrogen-bond donors (Lipinski definition) is 0. The number of aromatic nitrogens is 2. The van der Waals surface area contributed by atoms with E-state index in [-0.39, 0.29) is 37.2 Å². The molecule has 218 valence electrons. The van der Waals surface area contributed by atoms with Gasteiger partial charge in [-0.2, -0.15) is 9.97 Å². The normalized spacial score (nSPS) is 23.9. The summed E-state index contributed by atoms with van der Waals surface area (Å²) in [7, 11) is 2.10. The van der Waals surface area contributed by atoms with Gasteiger partial charge in [0.05, 0.1) is 18.4 Å². The molecule has 0 bridgehead atoms. The number of nitrogens with zero attached hydrogens (tertiary/aromatic N) is 6. The largest absolute Gasteiger partial charge is 0.462 e. The minimum Gasteiger partial charge on any atom is -0.462 e. The van der Waals surface area contributed by atoms with Gasteiger partial charge in [-0.05, 0) is 61.3 Å². The lowest BCUT2D eigenvalue weighted by atomic mass is 9.92. The Morgan fingerprint density at radius 1 is 1.24 bits per heavy atom. The number of likely N-dealkylation sites (tertiary alicyclic amines) is 1. The second kappa shape index (κ2) is 12.1. The molecule has 42 heavy (non-hydrogen) atoms. The first-order valence-corrected chi connectivity index (χ1v) is 14.6. The highest BCUT2D eigenvalue weighted by molar-refractivity contribution is 5.89. The minimum atomic E-state index is -2.27. The zero-order valence-electron chi connectivity index (χ0n) is 27.0. The van der Waals surface area contributed by atoms with Crippen molar-refractivity contribution in [1.29, 1.82) is 0 Å². The molecule has 2 aromatic carbocycles. The minimum absolute atomic E-state index is 0.173. The zero-order chi connectivity index (χ0) is 31.7. The third-order valence-electron chi connectivity index (χ3n) is 8.76. The van der Waals surface area contributed by atoms with Crippen LogP contribution < -0.4 is 9.64 Å². The lowest BCUT2D eigenvalue weighted by Crippen LogP contribution is -2.56. The van der Waals surface area contributed by atoms with Crippen LogP contribution in [0.1, 0.15) is 45.4 Å². The third-order valence-corrected chi connectivity index (χ3v) is 8.76. The van der Waals surface area contributed by atoms with E-state index in [0.717, 1.165) is 41.6 Å². The first-order chi connectivity index (χ1) is 21.7. The summed E-state index contributed by atoms with van der Waals surface area (Å²) in [5, 5.41) is 1.54. The number of likely N-dealkylation sites (N-methyl/N-ethyl adjacent to an activating group) is 1. The fraction of sp³-hybridized carbons (Fsp3) is 0.455. The molecule has 6 rings (SSSR count). The summed E-state index contributed by atoms with van der Waals surface area (Å²) in [5.41, 5.74) is 2.75. The molecule has 0 aliphatic carbocycles. The monoisotopic (exact) mass is 569 g/mol. The Morgan fingerprint density at radius 3 is 2.86 bits per heavy atom. The maximum absolute atomic E-state index is 12.6. The van der Waals surface area contributed by atoms with Crippen LogP contribution in [0.15, 0.2) is 49.1 Å². The molecule has 1 amide bonds. The van der Waals surface area contributed by atoms with E-state index >= 15 is 0 Å². The molecule has 1 aromatic heterocycles. The quantitative estimate of drug-likeness (QED) is 0.309. The molecule has 0 N–H and O–H groups in total. The van der Waals surface area contributed by atoms with E-state index in [1.807, 2.05) is 24.3 Å². The van der Waals surface area contributed by atoms with E-state index in [2.05, 4.69) is 28.3 Å². The smallest absolute Gasteiger partial charge is 0.318 e. The highest BCUT2D eigenvalue weighted by Gasteiger charge is 2.35. The Hall–Kier alpha value is -4.00. The van der Waals surface area contributed by atoms with E-state index in [4.69, 9.17) is 30.1 Å². The van der Waals surface area contributed by atoms with Gasteiger partial charge in [0.2, 0.25) is 12.5 Å². The molecule has 3 aliphatic heterocycles. The average Bonchev–Trinajstić information content (AvgIpc) is 3.46.